The molecule has 0 bridgehead atoms. The summed E-state index contributed by atoms with van der Waals surface area (Å²) in [4.78, 5) is 13.2. The second-order valence-electron chi connectivity index (χ2n) is 8.56. The Morgan fingerprint density at radius 3 is 2.38 bits per heavy atom. The van der Waals surface area contributed by atoms with Gasteiger partial charge in [-0.1, -0.05) is 12.1 Å². The average molecular weight is 459 g/mol. The van der Waals surface area contributed by atoms with Gasteiger partial charge in [0.2, 0.25) is 15.9 Å². The lowest BCUT2D eigenvalue weighted by Crippen LogP contribution is -2.43. The van der Waals surface area contributed by atoms with E-state index in [1.165, 1.54) is 4.31 Å². The third-order valence-electron chi connectivity index (χ3n) is 6.37. The first kappa shape index (κ1) is 22.6. The Hall–Kier alpha value is -2.58. The molecule has 2 aliphatic heterocycles. The van der Waals surface area contributed by atoms with Gasteiger partial charge in [0.25, 0.3) is 0 Å². The van der Waals surface area contributed by atoms with E-state index in [0.717, 1.165) is 22.4 Å². The Morgan fingerprint density at radius 2 is 1.69 bits per heavy atom. The van der Waals surface area contributed by atoms with E-state index in [1.54, 1.807) is 12.1 Å². The lowest BCUT2D eigenvalue weighted by Gasteiger charge is -2.31. The highest BCUT2D eigenvalue weighted by Crippen LogP contribution is 2.33. The van der Waals surface area contributed by atoms with Crippen molar-refractivity contribution in [2.75, 3.05) is 26.3 Å². The van der Waals surface area contributed by atoms with Gasteiger partial charge in [-0.15, -0.1) is 0 Å². The Balaban J connectivity index is 1.35. The number of aryl methyl sites for hydroxylation is 2. The van der Waals surface area contributed by atoms with Gasteiger partial charge in [-0.3, -0.25) is 4.79 Å². The van der Waals surface area contributed by atoms with Gasteiger partial charge in [-0.2, -0.15) is 4.31 Å². The predicted molar refractivity (Wildman–Crippen MR) is 121 cm³/mol. The van der Waals surface area contributed by atoms with Crippen LogP contribution in [0.1, 0.15) is 42.5 Å². The van der Waals surface area contributed by atoms with Crippen LogP contribution in [0.25, 0.3) is 0 Å². The third-order valence-corrected chi connectivity index (χ3v) is 8.26. The number of carbonyl (C=O) groups excluding carboxylic acids is 1. The number of nitrogens with one attached hydrogen (secondary N) is 1. The fraction of sp³-hybridized carbons (Fsp3) is 0.458. The average Bonchev–Trinajstić information content (AvgIpc) is 2.80. The van der Waals surface area contributed by atoms with Crippen LogP contribution in [-0.2, 0) is 14.8 Å². The normalized spacial score (nSPS) is 18.2. The Morgan fingerprint density at radius 1 is 1.00 bits per heavy atom. The molecule has 1 N–H and O–H groups in total. The van der Waals surface area contributed by atoms with Crippen molar-refractivity contribution in [2.24, 2.45) is 5.92 Å². The molecule has 7 nitrogen and oxygen atoms in total. The first-order chi connectivity index (χ1) is 15.3. The highest BCUT2D eigenvalue weighted by Gasteiger charge is 2.32. The Kier molecular flexibility index (Phi) is 6.44. The second-order valence-corrected chi connectivity index (χ2v) is 10.5. The molecule has 8 heteroatoms. The van der Waals surface area contributed by atoms with Gasteiger partial charge < -0.3 is 14.8 Å². The molecule has 1 saturated heterocycles. The van der Waals surface area contributed by atoms with Crippen LogP contribution >= 0.6 is 0 Å². The number of sulfonamides is 1. The first-order valence-corrected chi connectivity index (χ1v) is 12.5. The van der Waals surface area contributed by atoms with E-state index < -0.39 is 10.0 Å². The van der Waals surface area contributed by atoms with Crippen LogP contribution in [0.15, 0.2) is 41.3 Å². The summed E-state index contributed by atoms with van der Waals surface area (Å²) < 4.78 is 38.7. The summed E-state index contributed by atoms with van der Waals surface area (Å²) in [6, 6.07) is 10.7. The number of piperidine rings is 1. The van der Waals surface area contributed by atoms with Crippen LogP contribution in [0.2, 0.25) is 0 Å². The summed E-state index contributed by atoms with van der Waals surface area (Å²) in [5.41, 5.74) is 2.96. The van der Waals surface area contributed by atoms with Crippen LogP contribution in [-0.4, -0.2) is 44.9 Å². The number of fused-ring (bicyclic) bond motifs is 1. The van der Waals surface area contributed by atoms with Gasteiger partial charge in [-0.05, 0) is 74.6 Å². The van der Waals surface area contributed by atoms with Crippen molar-refractivity contribution < 1.29 is 22.7 Å². The van der Waals surface area contributed by atoms with E-state index in [-0.39, 0.29) is 17.9 Å². The third kappa shape index (κ3) is 4.61. The summed E-state index contributed by atoms with van der Waals surface area (Å²) in [7, 11) is -3.55. The monoisotopic (exact) mass is 458 g/mol. The molecule has 1 unspecified atom stereocenters. The van der Waals surface area contributed by atoms with Crippen molar-refractivity contribution in [2.45, 2.75) is 44.6 Å². The van der Waals surface area contributed by atoms with Crippen LogP contribution in [0, 0.1) is 19.8 Å². The molecule has 1 fully saturated rings. The minimum atomic E-state index is -3.55. The number of nitrogens with zero attached hydrogens (tertiary/aromatic N) is 1. The minimum Gasteiger partial charge on any atom is -0.486 e. The Labute approximate surface area is 189 Å². The molecule has 0 aromatic heterocycles. The molecule has 172 valence electrons. The second kappa shape index (κ2) is 9.11. The Bertz CT molecular complexity index is 1110. The molecule has 0 saturated carbocycles. The van der Waals surface area contributed by atoms with Gasteiger partial charge in [0.05, 0.1) is 10.9 Å². The summed E-state index contributed by atoms with van der Waals surface area (Å²) in [6.45, 7) is 7.53. The molecule has 32 heavy (non-hydrogen) atoms. The van der Waals surface area contributed by atoms with E-state index in [4.69, 9.17) is 9.47 Å². The fourth-order valence-electron chi connectivity index (χ4n) is 4.13. The van der Waals surface area contributed by atoms with E-state index in [2.05, 4.69) is 5.32 Å². The molecule has 2 heterocycles. The number of rotatable bonds is 5. The number of benzene rings is 2. The minimum absolute atomic E-state index is 0.0457. The zero-order valence-corrected chi connectivity index (χ0v) is 19.6. The molecule has 2 aliphatic rings. The van der Waals surface area contributed by atoms with Crippen molar-refractivity contribution >= 4 is 15.9 Å². The topological polar surface area (TPSA) is 84.9 Å². The van der Waals surface area contributed by atoms with Gasteiger partial charge >= 0.3 is 0 Å². The first-order valence-electron chi connectivity index (χ1n) is 11.0. The molecular formula is C24H30N2O5S. The zero-order valence-electron chi connectivity index (χ0n) is 18.8. The summed E-state index contributed by atoms with van der Waals surface area (Å²) in [5.74, 6) is 1.16. The lowest BCUT2D eigenvalue weighted by atomic mass is 9.96. The lowest BCUT2D eigenvalue weighted by molar-refractivity contribution is -0.126. The number of amides is 1. The number of hydrogen-bond donors (Lipinski definition) is 1. The van der Waals surface area contributed by atoms with Gasteiger partial charge in [0, 0.05) is 19.0 Å². The fourth-order valence-corrected chi connectivity index (χ4v) is 5.68. The molecule has 0 aliphatic carbocycles. The van der Waals surface area contributed by atoms with Crippen molar-refractivity contribution in [1.82, 2.24) is 9.62 Å². The molecule has 2 aromatic carbocycles. The largest absolute Gasteiger partial charge is 0.486 e. The molecular weight excluding hydrogens is 428 g/mol. The molecule has 2 aromatic rings. The maximum absolute atomic E-state index is 13.0. The van der Waals surface area contributed by atoms with Crippen molar-refractivity contribution in [1.29, 1.82) is 0 Å². The number of carbonyl (C=O) groups is 1. The maximum Gasteiger partial charge on any atom is 0.243 e. The highest BCUT2D eigenvalue weighted by atomic mass is 32.2. The molecule has 1 atom stereocenters. The quantitative estimate of drug-likeness (QED) is 0.743. The van der Waals surface area contributed by atoms with Crippen LogP contribution < -0.4 is 14.8 Å². The molecule has 0 radical (unpaired) electrons. The smallest absolute Gasteiger partial charge is 0.243 e. The van der Waals surface area contributed by atoms with Gasteiger partial charge in [0.1, 0.15) is 13.2 Å². The van der Waals surface area contributed by atoms with Crippen molar-refractivity contribution in [3.8, 4) is 11.5 Å². The van der Waals surface area contributed by atoms with E-state index in [1.807, 2.05) is 45.0 Å². The predicted octanol–water partition coefficient (Wildman–Crippen LogP) is 3.35. The highest BCUT2D eigenvalue weighted by molar-refractivity contribution is 7.89. The summed E-state index contributed by atoms with van der Waals surface area (Å²) in [5, 5.41) is 3.07. The van der Waals surface area contributed by atoms with Gasteiger partial charge in [-0.25, -0.2) is 8.42 Å². The molecule has 1 amide bonds. The standard InChI is InChI=1S/C24H30N2O5S/c1-16-4-6-21(14-17(16)2)32(28,29)26-10-8-19(9-11-26)24(27)25-18(3)20-5-7-22-23(15-20)31-13-12-30-22/h4-7,14-15,18-19H,8-13H2,1-3H3,(H,25,27). The number of hydrogen-bond acceptors (Lipinski definition) is 5. The SMILES string of the molecule is Cc1ccc(S(=O)(=O)N2CCC(C(=O)NC(C)c3ccc4c(c3)OCCO4)CC2)cc1C. The maximum atomic E-state index is 13.0. The van der Waals surface area contributed by atoms with Crippen LogP contribution in [0.3, 0.4) is 0 Å². The van der Waals surface area contributed by atoms with E-state index >= 15 is 0 Å². The van der Waals surface area contributed by atoms with E-state index in [0.29, 0.717) is 49.8 Å². The van der Waals surface area contributed by atoms with E-state index in [9.17, 15) is 13.2 Å². The summed E-state index contributed by atoms with van der Waals surface area (Å²) in [6.07, 6.45) is 1.01. The van der Waals surface area contributed by atoms with Crippen molar-refractivity contribution in [3.63, 3.8) is 0 Å². The number of ether oxygens (including phenoxy) is 2. The van der Waals surface area contributed by atoms with Gasteiger partial charge in [0.15, 0.2) is 11.5 Å². The van der Waals surface area contributed by atoms with Crippen LogP contribution in [0.4, 0.5) is 0 Å². The zero-order chi connectivity index (χ0) is 22.9. The van der Waals surface area contributed by atoms with Crippen LogP contribution in [0.5, 0.6) is 11.5 Å². The summed E-state index contributed by atoms with van der Waals surface area (Å²) >= 11 is 0. The van der Waals surface area contributed by atoms with Crippen molar-refractivity contribution in [3.05, 3.63) is 53.1 Å². The molecule has 4 rings (SSSR count). The molecule has 0 spiro atoms.